The minimum atomic E-state index is 0.532. The highest BCUT2D eigenvalue weighted by Crippen LogP contribution is 2.14. The Hall–Kier alpha value is -4.60. The lowest BCUT2D eigenvalue weighted by atomic mass is 10.1. The van der Waals surface area contributed by atoms with Crippen LogP contribution in [0, 0.1) is 23.7 Å². The molecule has 0 unspecified atom stereocenters. The Bertz CT molecular complexity index is 1120. The van der Waals surface area contributed by atoms with E-state index in [1.165, 1.54) is 0 Å². The molecule has 0 fully saturated rings. The standard InChI is InChI=1S/C22H12N6/c23-27-25-21-5-1-3-19(15-21)13-11-17-7-9-18(10-8-17)12-14-20-4-2-6-22(16-20)26-28-24/h1-10,15-16H. The van der Waals surface area contributed by atoms with Gasteiger partial charge in [0.1, 0.15) is 0 Å². The number of nitrogens with zero attached hydrogens (tertiary/aromatic N) is 6. The Morgan fingerprint density at radius 3 is 1.32 bits per heavy atom. The van der Waals surface area contributed by atoms with Gasteiger partial charge in [0.2, 0.25) is 0 Å². The fourth-order valence-electron chi connectivity index (χ4n) is 2.32. The van der Waals surface area contributed by atoms with Crippen molar-refractivity contribution < 1.29 is 0 Å². The van der Waals surface area contributed by atoms with E-state index in [1.807, 2.05) is 36.4 Å². The molecular formula is C22H12N6. The first kappa shape index (κ1) is 18.2. The largest absolute Gasteiger partial charge is 0.0617 e. The average molecular weight is 360 g/mol. The molecule has 0 spiro atoms. The number of azide groups is 2. The maximum Gasteiger partial charge on any atom is 0.0387 e. The molecule has 0 amide bonds. The molecule has 28 heavy (non-hydrogen) atoms. The van der Waals surface area contributed by atoms with Gasteiger partial charge < -0.3 is 0 Å². The van der Waals surface area contributed by atoms with Gasteiger partial charge in [0.05, 0.1) is 0 Å². The van der Waals surface area contributed by atoms with Crippen LogP contribution >= 0.6 is 0 Å². The monoisotopic (exact) mass is 360 g/mol. The van der Waals surface area contributed by atoms with E-state index < -0.39 is 0 Å². The van der Waals surface area contributed by atoms with Gasteiger partial charge in [-0.15, -0.1) is 0 Å². The van der Waals surface area contributed by atoms with Crippen LogP contribution in [0.5, 0.6) is 0 Å². The summed E-state index contributed by atoms with van der Waals surface area (Å²) in [6.45, 7) is 0. The topological polar surface area (TPSA) is 97.5 Å². The van der Waals surface area contributed by atoms with Crippen LogP contribution in [0.2, 0.25) is 0 Å². The van der Waals surface area contributed by atoms with Crippen molar-refractivity contribution in [1.29, 1.82) is 0 Å². The molecule has 0 aromatic heterocycles. The SMILES string of the molecule is [N-]=[N+]=Nc1cccc(C#Cc2ccc(C#Cc3cccc(N=[N+]=[N-])c3)cc2)c1. The summed E-state index contributed by atoms with van der Waals surface area (Å²) >= 11 is 0. The number of benzene rings is 3. The molecule has 6 heteroatoms. The smallest absolute Gasteiger partial charge is 0.0387 e. The Kier molecular flexibility index (Phi) is 5.98. The van der Waals surface area contributed by atoms with E-state index in [0.717, 1.165) is 22.3 Å². The number of hydrogen-bond donors (Lipinski definition) is 0. The Morgan fingerprint density at radius 2 is 0.929 bits per heavy atom. The molecule has 3 rings (SSSR count). The van der Waals surface area contributed by atoms with Crippen LogP contribution in [0.15, 0.2) is 83.0 Å². The van der Waals surface area contributed by atoms with E-state index in [1.54, 1.807) is 36.4 Å². The average Bonchev–Trinajstić information content (AvgIpc) is 2.73. The van der Waals surface area contributed by atoms with E-state index in [2.05, 4.69) is 43.7 Å². The molecule has 0 aliphatic rings. The molecule has 130 valence electrons. The fraction of sp³-hybridized carbons (Fsp3) is 0. The summed E-state index contributed by atoms with van der Waals surface area (Å²) in [5.41, 5.74) is 21.3. The lowest BCUT2D eigenvalue weighted by Gasteiger charge is -1.94. The molecule has 0 radical (unpaired) electrons. The highest BCUT2D eigenvalue weighted by Gasteiger charge is 1.93. The van der Waals surface area contributed by atoms with E-state index in [0.29, 0.717) is 11.4 Å². The van der Waals surface area contributed by atoms with Gasteiger partial charge in [0.25, 0.3) is 0 Å². The molecule has 3 aromatic carbocycles. The fourth-order valence-corrected chi connectivity index (χ4v) is 2.32. The lowest BCUT2D eigenvalue weighted by Crippen LogP contribution is -1.79. The van der Waals surface area contributed by atoms with E-state index in [-0.39, 0.29) is 0 Å². The van der Waals surface area contributed by atoms with Crippen molar-refractivity contribution >= 4 is 11.4 Å². The summed E-state index contributed by atoms with van der Waals surface area (Å²) in [6.07, 6.45) is 0. The molecule has 0 bridgehead atoms. The molecule has 0 aliphatic carbocycles. The third kappa shape index (κ3) is 5.20. The molecule has 0 N–H and O–H groups in total. The second-order valence-electron chi connectivity index (χ2n) is 5.56. The van der Waals surface area contributed by atoms with Gasteiger partial charge in [0, 0.05) is 43.5 Å². The maximum atomic E-state index is 8.49. The zero-order chi connectivity index (χ0) is 19.6. The third-order valence-corrected chi connectivity index (χ3v) is 3.60. The van der Waals surface area contributed by atoms with Crippen LogP contribution in [0.25, 0.3) is 20.9 Å². The van der Waals surface area contributed by atoms with E-state index in [4.69, 9.17) is 11.1 Å². The summed E-state index contributed by atoms with van der Waals surface area (Å²) in [6, 6.07) is 21.8. The van der Waals surface area contributed by atoms with Crippen LogP contribution in [0.3, 0.4) is 0 Å². The maximum absolute atomic E-state index is 8.49. The minimum Gasteiger partial charge on any atom is -0.0617 e. The molecule has 0 aliphatic heterocycles. The van der Waals surface area contributed by atoms with Crippen LogP contribution in [0.4, 0.5) is 11.4 Å². The first-order chi connectivity index (χ1) is 13.8. The van der Waals surface area contributed by atoms with Gasteiger partial charge in [-0.2, -0.15) is 0 Å². The molecular weight excluding hydrogens is 348 g/mol. The second kappa shape index (κ2) is 9.20. The molecule has 0 saturated heterocycles. The highest BCUT2D eigenvalue weighted by molar-refractivity contribution is 5.52. The molecule has 3 aromatic rings. The molecule has 0 saturated carbocycles. The Balaban J connectivity index is 1.75. The van der Waals surface area contributed by atoms with E-state index >= 15 is 0 Å². The number of hydrogen-bond acceptors (Lipinski definition) is 2. The first-order valence-corrected chi connectivity index (χ1v) is 8.21. The predicted octanol–water partition coefficient (Wildman–Crippen LogP) is 6.37. The second-order valence-corrected chi connectivity index (χ2v) is 5.56. The van der Waals surface area contributed by atoms with Gasteiger partial charge in [-0.05, 0) is 59.6 Å². The minimum absolute atomic E-state index is 0.532. The van der Waals surface area contributed by atoms with Gasteiger partial charge in [0.15, 0.2) is 0 Å². The van der Waals surface area contributed by atoms with Crippen LogP contribution < -0.4 is 0 Å². The van der Waals surface area contributed by atoms with E-state index in [9.17, 15) is 0 Å². The summed E-state index contributed by atoms with van der Waals surface area (Å²) in [5.74, 6) is 12.2. The van der Waals surface area contributed by atoms with Crippen molar-refractivity contribution in [3.63, 3.8) is 0 Å². The van der Waals surface area contributed by atoms with Crippen molar-refractivity contribution in [2.45, 2.75) is 0 Å². The Labute approximate surface area is 161 Å². The first-order valence-electron chi connectivity index (χ1n) is 8.21. The summed E-state index contributed by atoms with van der Waals surface area (Å²) in [4.78, 5) is 5.54. The number of rotatable bonds is 2. The predicted molar refractivity (Wildman–Crippen MR) is 109 cm³/mol. The highest BCUT2D eigenvalue weighted by atomic mass is 15.1. The van der Waals surface area contributed by atoms with Gasteiger partial charge in [-0.3, -0.25) is 0 Å². The molecule has 0 heterocycles. The van der Waals surface area contributed by atoms with Gasteiger partial charge in [-0.25, -0.2) is 0 Å². The van der Waals surface area contributed by atoms with Crippen LogP contribution in [0.1, 0.15) is 22.3 Å². The summed E-state index contributed by atoms with van der Waals surface area (Å²) < 4.78 is 0. The summed E-state index contributed by atoms with van der Waals surface area (Å²) in [5, 5.41) is 7.14. The normalized spacial score (nSPS) is 8.86. The van der Waals surface area contributed by atoms with Gasteiger partial charge >= 0.3 is 0 Å². The van der Waals surface area contributed by atoms with Crippen LogP contribution in [-0.2, 0) is 0 Å². The zero-order valence-corrected chi connectivity index (χ0v) is 14.6. The van der Waals surface area contributed by atoms with Crippen molar-refractivity contribution in [2.75, 3.05) is 0 Å². The van der Waals surface area contributed by atoms with Crippen LogP contribution in [-0.4, -0.2) is 0 Å². The zero-order valence-electron chi connectivity index (χ0n) is 14.6. The van der Waals surface area contributed by atoms with Crippen molar-refractivity contribution in [1.82, 2.24) is 0 Å². The van der Waals surface area contributed by atoms with Crippen molar-refractivity contribution in [3.8, 4) is 23.7 Å². The quantitative estimate of drug-likeness (QED) is 0.220. The Morgan fingerprint density at radius 1 is 0.536 bits per heavy atom. The summed E-state index contributed by atoms with van der Waals surface area (Å²) in [7, 11) is 0. The lowest BCUT2D eigenvalue weighted by molar-refractivity contribution is 1.46. The molecule has 0 atom stereocenters. The molecule has 6 nitrogen and oxygen atoms in total. The third-order valence-electron chi connectivity index (χ3n) is 3.60. The van der Waals surface area contributed by atoms with Gasteiger partial charge in [-0.1, -0.05) is 58.2 Å². The van der Waals surface area contributed by atoms with Crippen molar-refractivity contribution in [2.24, 2.45) is 10.2 Å². The van der Waals surface area contributed by atoms with Crippen molar-refractivity contribution in [3.05, 3.63) is 116 Å².